The van der Waals surface area contributed by atoms with Crippen LogP contribution in [-0.4, -0.2) is 20.6 Å². The lowest BCUT2D eigenvalue weighted by molar-refractivity contribution is -0.394. The topological polar surface area (TPSA) is 119 Å². The van der Waals surface area contributed by atoms with Crippen LogP contribution in [0.15, 0.2) is 60.7 Å². The number of para-hydroxylation sites is 2. The Kier molecular flexibility index (Phi) is 3.66. The monoisotopic (exact) mass is 361 g/mol. The Hall–Kier alpha value is -4.07. The number of aromatic nitrogens is 1. The van der Waals surface area contributed by atoms with Crippen LogP contribution in [0.3, 0.4) is 0 Å². The minimum absolute atomic E-state index is 0.109. The highest BCUT2D eigenvalue weighted by Crippen LogP contribution is 2.30. The van der Waals surface area contributed by atoms with Crippen molar-refractivity contribution in [1.29, 1.82) is 0 Å². The Morgan fingerprint density at radius 1 is 0.815 bits per heavy atom. The van der Waals surface area contributed by atoms with Crippen LogP contribution in [0, 0.1) is 20.2 Å². The van der Waals surface area contributed by atoms with Gasteiger partial charge in [-0.05, 0) is 12.1 Å². The zero-order valence-corrected chi connectivity index (χ0v) is 13.7. The van der Waals surface area contributed by atoms with Gasteiger partial charge in [-0.3, -0.25) is 25.0 Å². The molecule has 1 heterocycles. The number of aromatic amines is 1. The maximum atomic E-state index is 13.0. The number of nitrogens with one attached hydrogen (secondary N) is 1. The van der Waals surface area contributed by atoms with Gasteiger partial charge in [0.1, 0.15) is 0 Å². The molecule has 0 saturated carbocycles. The van der Waals surface area contributed by atoms with Crippen molar-refractivity contribution >= 4 is 39.0 Å². The maximum Gasteiger partial charge on any atom is 0.277 e. The third kappa shape index (κ3) is 2.69. The molecule has 0 aliphatic heterocycles. The molecular weight excluding hydrogens is 350 g/mol. The molecule has 0 bridgehead atoms. The van der Waals surface area contributed by atoms with Crippen LogP contribution in [0.4, 0.5) is 11.4 Å². The minimum atomic E-state index is -0.757. The summed E-state index contributed by atoms with van der Waals surface area (Å²) in [5.74, 6) is -0.529. The molecule has 0 spiro atoms. The van der Waals surface area contributed by atoms with Crippen LogP contribution in [0.5, 0.6) is 0 Å². The van der Waals surface area contributed by atoms with Gasteiger partial charge in [0.15, 0.2) is 5.78 Å². The lowest BCUT2D eigenvalue weighted by atomic mass is 9.99. The van der Waals surface area contributed by atoms with E-state index in [1.54, 1.807) is 12.1 Å². The van der Waals surface area contributed by atoms with Crippen LogP contribution in [-0.2, 0) is 0 Å². The summed E-state index contributed by atoms with van der Waals surface area (Å²) in [5.41, 5.74) is 0.601. The molecule has 27 heavy (non-hydrogen) atoms. The maximum absolute atomic E-state index is 13.0. The number of fused-ring (bicyclic) bond motifs is 3. The van der Waals surface area contributed by atoms with Crippen molar-refractivity contribution in [2.75, 3.05) is 0 Å². The lowest BCUT2D eigenvalue weighted by Gasteiger charge is -2.04. The second-order valence-electron chi connectivity index (χ2n) is 5.98. The van der Waals surface area contributed by atoms with Crippen molar-refractivity contribution < 1.29 is 14.6 Å². The molecule has 1 aromatic heterocycles. The summed E-state index contributed by atoms with van der Waals surface area (Å²) in [5, 5.41) is 23.9. The van der Waals surface area contributed by atoms with Gasteiger partial charge in [-0.2, -0.15) is 0 Å². The highest BCUT2D eigenvalue weighted by molar-refractivity contribution is 6.20. The molecule has 3 aromatic carbocycles. The Labute approximate surface area is 151 Å². The van der Waals surface area contributed by atoms with E-state index in [0.29, 0.717) is 11.1 Å². The zero-order chi connectivity index (χ0) is 19.1. The first-order valence-electron chi connectivity index (χ1n) is 7.94. The molecule has 4 rings (SSSR count). The predicted molar refractivity (Wildman–Crippen MR) is 99.0 cm³/mol. The van der Waals surface area contributed by atoms with Crippen LogP contribution >= 0.6 is 0 Å². The molecule has 0 amide bonds. The van der Waals surface area contributed by atoms with Gasteiger partial charge in [-0.25, -0.2) is 0 Å². The molecule has 0 unspecified atom stereocenters. The number of nitro groups is 2. The summed E-state index contributed by atoms with van der Waals surface area (Å²) < 4.78 is 0. The van der Waals surface area contributed by atoms with E-state index in [0.717, 1.165) is 34.5 Å². The van der Waals surface area contributed by atoms with Crippen LogP contribution in [0.25, 0.3) is 21.8 Å². The van der Waals surface area contributed by atoms with Gasteiger partial charge in [0.25, 0.3) is 11.4 Å². The van der Waals surface area contributed by atoms with E-state index >= 15 is 0 Å². The number of nitrogens with zero attached hydrogens (tertiary/aromatic N) is 2. The number of hydrogen-bond donors (Lipinski definition) is 1. The third-order valence-corrected chi connectivity index (χ3v) is 4.37. The molecule has 8 heteroatoms. The number of nitro benzene ring substituents is 2. The van der Waals surface area contributed by atoms with Crippen LogP contribution in [0.2, 0.25) is 0 Å². The first kappa shape index (κ1) is 16.4. The van der Waals surface area contributed by atoms with Gasteiger partial charge in [0.2, 0.25) is 0 Å². The van der Waals surface area contributed by atoms with E-state index in [4.69, 9.17) is 0 Å². The molecule has 8 nitrogen and oxygen atoms in total. The number of H-pyrrole nitrogens is 1. The standard InChI is InChI=1S/C19H11N3O5/c23-19(11-8-12(21(24)25)10-13(9-11)22(26)27)16-6-3-5-15-14-4-1-2-7-17(14)20-18(15)16/h1-10,20H. The molecule has 0 aliphatic carbocycles. The summed E-state index contributed by atoms with van der Waals surface area (Å²) in [4.78, 5) is 36.9. The zero-order valence-electron chi connectivity index (χ0n) is 13.7. The number of carbonyl (C=O) groups is 1. The molecule has 4 aromatic rings. The second-order valence-corrected chi connectivity index (χ2v) is 5.98. The first-order valence-corrected chi connectivity index (χ1v) is 7.94. The second kappa shape index (κ2) is 6.03. The van der Waals surface area contributed by atoms with Crippen molar-refractivity contribution in [2.24, 2.45) is 0 Å². The van der Waals surface area contributed by atoms with Gasteiger partial charge < -0.3 is 4.98 Å². The number of rotatable bonds is 4. The first-order chi connectivity index (χ1) is 13.0. The summed E-state index contributed by atoms with van der Waals surface area (Å²) in [6.45, 7) is 0. The highest BCUT2D eigenvalue weighted by atomic mass is 16.6. The van der Waals surface area contributed by atoms with E-state index in [1.165, 1.54) is 0 Å². The smallest absolute Gasteiger partial charge is 0.277 e. The molecule has 0 radical (unpaired) electrons. The van der Waals surface area contributed by atoms with Gasteiger partial charge in [0.05, 0.1) is 21.4 Å². The number of non-ortho nitro benzene ring substituents is 2. The fourth-order valence-electron chi connectivity index (χ4n) is 3.15. The van der Waals surface area contributed by atoms with E-state index in [2.05, 4.69) is 4.98 Å². The Bertz CT molecular complexity index is 1230. The fourth-order valence-corrected chi connectivity index (χ4v) is 3.15. The Morgan fingerprint density at radius 3 is 2.11 bits per heavy atom. The molecule has 0 fully saturated rings. The highest BCUT2D eigenvalue weighted by Gasteiger charge is 2.22. The molecular formula is C19H11N3O5. The van der Waals surface area contributed by atoms with Crippen molar-refractivity contribution in [3.8, 4) is 0 Å². The van der Waals surface area contributed by atoms with Crippen molar-refractivity contribution in [1.82, 2.24) is 4.98 Å². The number of hydrogen-bond acceptors (Lipinski definition) is 5. The molecule has 0 saturated heterocycles. The SMILES string of the molecule is O=C(c1cc([N+](=O)[O-])cc([N+](=O)[O-])c1)c1cccc2c1[nH]c1ccccc12. The fraction of sp³-hybridized carbons (Fsp3) is 0. The van der Waals surface area contributed by atoms with Crippen molar-refractivity contribution in [3.63, 3.8) is 0 Å². The van der Waals surface area contributed by atoms with Gasteiger partial charge >= 0.3 is 0 Å². The van der Waals surface area contributed by atoms with E-state index < -0.39 is 27.0 Å². The molecule has 0 aliphatic rings. The molecule has 1 N–H and O–H groups in total. The van der Waals surface area contributed by atoms with Crippen LogP contribution < -0.4 is 0 Å². The average Bonchev–Trinajstić information content (AvgIpc) is 3.05. The number of carbonyl (C=O) groups excluding carboxylic acids is 1. The van der Waals surface area contributed by atoms with Gasteiger partial charge in [-0.1, -0.05) is 30.3 Å². The predicted octanol–water partition coefficient (Wildman–Crippen LogP) is 4.37. The van der Waals surface area contributed by atoms with Gasteiger partial charge in [0, 0.05) is 39.5 Å². The summed E-state index contributed by atoms with van der Waals surface area (Å²) in [6.07, 6.45) is 0. The average molecular weight is 361 g/mol. The van der Waals surface area contributed by atoms with Crippen molar-refractivity contribution in [3.05, 3.63) is 92.0 Å². The van der Waals surface area contributed by atoms with Gasteiger partial charge in [-0.15, -0.1) is 0 Å². The van der Waals surface area contributed by atoms with E-state index in [1.807, 2.05) is 30.3 Å². The Balaban J connectivity index is 1.93. The summed E-state index contributed by atoms with van der Waals surface area (Å²) in [6, 6.07) is 15.6. The number of ketones is 1. The quantitative estimate of drug-likeness (QED) is 0.329. The third-order valence-electron chi connectivity index (χ3n) is 4.37. The lowest BCUT2D eigenvalue weighted by Crippen LogP contribution is -2.04. The summed E-state index contributed by atoms with van der Waals surface area (Å²) >= 11 is 0. The summed E-state index contributed by atoms with van der Waals surface area (Å²) in [7, 11) is 0. The van der Waals surface area contributed by atoms with Crippen LogP contribution in [0.1, 0.15) is 15.9 Å². The molecule has 0 atom stereocenters. The minimum Gasteiger partial charge on any atom is -0.354 e. The largest absolute Gasteiger partial charge is 0.354 e. The Morgan fingerprint density at radius 2 is 1.44 bits per heavy atom. The van der Waals surface area contributed by atoms with Crippen molar-refractivity contribution in [2.45, 2.75) is 0 Å². The normalized spacial score (nSPS) is 11.0. The van der Waals surface area contributed by atoms with E-state index in [-0.39, 0.29) is 5.56 Å². The number of benzene rings is 3. The molecule has 132 valence electrons. The van der Waals surface area contributed by atoms with E-state index in [9.17, 15) is 25.0 Å².